The minimum absolute atomic E-state index is 0.230. The van der Waals surface area contributed by atoms with Crippen LogP contribution in [0.3, 0.4) is 0 Å². The lowest BCUT2D eigenvalue weighted by atomic mass is 9.85. The van der Waals surface area contributed by atoms with Crippen LogP contribution in [0.25, 0.3) is 4.96 Å². The zero-order chi connectivity index (χ0) is 13.1. The molecule has 104 valence electrons. The number of rotatable bonds is 5. The molecule has 3 nitrogen and oxygen atoms in total. The maximum atomic E-state index is 10.2. The second kappa shape index (κ2) is 6.06. The van der Waals surface area contributed by atoms with Crippen LogP contribution in [0.2, 0.25) is 0 Å². The minimum atomic E-state index is -0.230. The molecule has 1 N–H and O–H groups in total. The summed E-state index contributed by atoms with van der Waals surface area (Å²) < 4.78 is 2.04. The van der Waals surface area contributed by atoms with Crippen molar-refractivity contribution in [3.63, 3.8) is 0 Å². The lowest BCUT2D eigenvalue weighted by molar-refractivity contribution is 0.148. The molecule has 4 heteroatoms. The lowest BCUT2D eigenvalue weighted by Crippen LogP contribution is -2.14. The predicted molar refractivity (Wildman–Crippen MR) is 78.6 cm³/mol. The van der Waals surface area contributed by atoms with Crippen LogP contribution < -0.4 is 0 Å². The Kier molecular flexibility index (Phi) is 4.18. The predicted octanol–water partition coefficient (Wildman–Crippen LogP) is 3.66. The van der Waals surface area contributed by atoms with Gasteiger partial charge in [0.05, 0.1) is 11.8 Å². The topological polar surface area (TPSA) is 37.5 Å². The van der Waals surface area contributed by atoms with Gasteiger partial charge in [0.15, 0.2) is 4.96 Å². The molecule has 2 aromatic rings. The molecule has 0 saturated heterocycles. The second-order valence-electron chi connectivity index (χ2n) is 5.76. The summed E-state index contributed by atoms with van der Waals surface area (Å²) in [5.74, 6) is 0.855. The summed E-state index contributed by atoms with van der Waals surface area (Å²) in [6.07, 6.45) is 13.5. The van der Waals surface area contributed by atoms with Crippen molar-refractivity contribution in [2.24, 2.45) is 5.92 Å². The Morgan fingerprint density at radius 3 is 3.00 bits per heavy atom. The summed E-state index contributed by atoms with van der Waals surface area (Å²) in [6.45, 7) is 0. The molecule has 2 heterocycles. The largest absolute Gasteiger partial charge is 0.393 e. The maximum absolute atomic E-state index is 10.2. The average Bonchev–Trinajstić information content (AvgIpc) is 2.98. The maximum Gasteiger partial charge on any atom is 0.193 e. The third kappa shape index (κ3) is 3.37. The van der Waals surface area contributed by atoms with Crippen molar-refractivity contribution in [2.45, 2.75) is 57.5 Å². The molecule has 1 aliphatic rings. The van der Waals surface area contributed by atoms with E-state index in [9.17, 15) is 5.11 Å². The normalized spacial score (nSPS) is 19.0. The van der Waals surface area contributed by atoms with Crippen LogP contribution in [0, 0.1) is 5.92 Å². The lowest BCUT2D eigenvalue weighted by Gasteiger charge is -2.22. The fraction of sp³-hybridized carbons (Fsp3) is 0.667. The first-order chi connectivity index (χ1) is 9.31. The fourth-order valence-electron chi connectivity index (χ4n) is 3.12. The first kappa shape index (κ1) is 13.1. The van der Waals surface area contributed by atoms with Gasteiger partial charge >= 0.3 is 0 Å². The average molecular weight is 278 g/mol. The Morgan fingerprint density at radius 1 is 1.37 bits per heavy atom. The van der Waals surface area contributed by atoms with E-state index in [-0.39, 0.29) is 6.10 Å². The Hall–Kier alpha value is -0.870. The monoisotopic (exact) mass is 278 g/mol. The number of aromatic nitrogens is 2. The quantitative estimate of drug-likeness (QED) is 0.906. The van der Waals surface area contributed by atoms with Gasteiger partial charge in [-0.1, -0.05) is 32.1 Å². The van der Waals surface area contributed by atoms with Crippen molar-refractivity contribution >= 4 is 16.3 Å². The van der Waals surface area contributed by atoms with E-state index in [1.807, 2.05) is 22.2 Å². The summed E-state index contributed by atoms with van der Waals surface area (Å²) in [5, 5.41) is 12.2. The first-order valence-electron chi connectivity index (χ1n) is 7.40. The Labute approximate surface area is 118 Å². The van der Waals surface area contributed by atoms with Gasteiger partial charge in [0.2, 0.25) is 0 Å². The molecule has 0 bridgehead atoms. The van der Waals surface area contributed by atoms with Gasteiger partial charge < -0.3 is 5.11 Å². The third-order valence-corrected chi connectivity index (χ3v) is 4.99. The van der Waals surface area contributed by atoms with Gasteiger partial charge in [0.25, 0.3) is 0 Å². The van der Waals surface area contributed by atoms with Gasteiger partial charge in [0.1, 0.15) is 0 Å². The third-order valence-electron chi connectivity index (χ3n) is 4.22. The van der Waals surface area contributed by atoms with E-state index in [1.54, 1.807) is 11.3 Å². The molecular weight excluding hydrogens is 256 g/mol. The number of aliphatic hydroxyl groups excluding tert-OH is 1. The summed E-state index contributed by atoms with van der Waals surface area (Å²) in [4.78, 5) is 5.55. The van der Waals surface area contributed by atoms with Crippen molar-refractivity contribution in [1.29, 1.82) is 0 Å². The van der Waals surface area contributed by atoms with Crippen molar-refractivity contribution in [2.75, 3.05) is 0 Å². The summed E-state index contributed by atoms with van der Waals surface area (Å²) >= 11 is 1.64. The Bertz CT molecular complexity index is 484. The second-order valence-corrected chi connectivity index (χ2v) is 6.64. The number of aliphatic hydroxyl groups is 1. The molecule has 0 spiro atoms. The molecule has 1 fully saturated rings. The van der Waals surface area contributed by atoms with Gasteiger partial charge in [0, 0.05) is 24.2 Å². The SMILES string of the molecule is OC(CCC1CCCCC1)Cc1cn2ccsc2n1. The smallest absolute Gasteiger partial charge is 0.193 e. The first-order valence-corrected chi connectivity index (χ1v) is 8.28. The van der Waals surface area contributed by atoms with Gasteiger partial charge in [-0.15, -0.1) is 11.3 Å². The Morgan fingerprint density at radius 2 is 2.21 bits per heavy atom. The van der Waals surface area contributed by atoms with Crippen LogP contribution in [0.1, 0.15) is 50.6 Å². The summed E-state index contributed by atoms with van der Waals surface area (Å²) in [5.41, 5.74) is 1.02. The van der Waals surface area contributed by atoms with Crippen molar-refractivity contribution < 1.29 is 5.11 Å². The zero-order valence-corrected chi connectivity index (χ0v) is 12.1. The standard InChI is InChI=1S/C15H22N2OS/c18-14(7-6-12-4-2-1-3-5-12)10-13-11-17-8-9-19-15(17)16-13/h8-9,11-12,14,18H,1-7,10H2. The van der Waals surface area contributed by atoms with Gasteiger partial charge in [-0.25, -0.2) is 4.98 Å². The van der Waals surface area contributed by atoms with E-state index in [2.05, 4.69) is 4.98 Å². The fourth-order valence-corrected chi connectivity index (χ4v) is 3.84. The summed E-state index contributed by atoms with van der Waals surface area (Å²) in [6, 6.07) is 0. The van der Waals surface area contributed by atoms with Crippen LogP contribution in [-0.4, -0.2) is 20.6 Å². The molecular formula is C15H22N2OS. The molecule has 1 aliphatic carbocycles. The molecule has 1 saturated carbocycles. The number of imidazole rings is 1. The molecule has 1 atom stereocenters. The van der Waals surface area contributed by atoms with Crippen molar-refractivity contribution in [1.82, 2.24) is 9.38 Å². The van der Waals surface area contributed by atoms with Crippen LogP contribution in [-0.2, 0) is 6.42 Å². The van der Waals surface area contributed by atoms with Crippen molar-refractivity contribution in [3.8, 4) is 0 Å². The Balaban J connectivity index is 1.47. The van der Waals surface area contributed by atoms with Crippen molar-refractivity contribution in [3.05, 3.63) is 23.5 Å². The van der Waals surface area contributed by atoms with Gasteiger partial charge in [-0.05, 0) is 18.8 Å². The van der Waals surface area contributed by atoms with E-state index >= 15 is 0 Å². The highest BCUT2D eigenvalue weighted by molar-refractivity contribution is 7.15. The molecule has 0 radical (unpaired) electrons. The molecule has 0 aliphatic heterocycles. The van der Waals surface area contributed by atoms with E-state index < -0.39 is 0 Å². The number of hydrogen-bond acceptors (Lipinski definition) is 3. The molecule has 2 aromatic heterocycles. The molecule has 1 unspecified atom stereocenters. The highest BCUT2D eigenvalue weighted by atomic mass is 32.1. The number of nitrogens with zero attached hydrogens (tertiary/aromatic N) is 2. The number of hydrogen-bond donors (Lipinski definition) is 1. The minimum Gasteiger partial charge on any atom is -0.393 e. The van der Waals surface area contributed by atoms with E-state index in [1.165, 1.54) is 38.5 Å². The van der Waals surface area contributed by atoms with E-state index in [4.69, 9.17) is 0 Å². The number of fused-ring (bicyclic) bond motifs is 1. The van der Waals surface area contributed by atoms with Crippen LogP contribution in [0.5, 0.6) is 0 Å². The molecule has 0 amide bonds. The molecule has 19 heavy (non-hydrogen) atoms. The van der Waals surface area contributed by atoms with Crippen LogP contribution >= 0.6 is 11.3 Å². The van der Waals surface area contributed by atoms with Gasteiger partial charge in [-0.2, -0.15) is 0 Å². The molecule has 0 aromatic carbocycles. The van der Waals surface area contributed by atoms with Crippen LogP contribution in [0.4, 0.5) is 0 Å². The summed E-state index contributed by atoms with van der Waals surface area (Å²) in [7, 11) is 0. The van der Waals surface area contributed by atoms with E-state index in [0.717, 1.165) is 23.0 Å². The number of thiazole rings is 1. The van der Waals surface area contributed by atoms with Crippen LogP contribution in [0.15, 0.2) is 17.8 Å². The highest BCUT2D eigenvalue weighted by Gasteiger charge is 2.16. The zero-order valence-electron chi connectivity index (χ0n) is 11.3. The highest BCUT2D eigenvalue weighted by Crippen LogP contribution is 2.28. The van der Waals surface area contributed by atoms with E-state index in [0.29, 0.717) is 6.42 Å². The van der Waals surface area contributed by atoms with Gasteiger partial charge in [-0.3, -0.25) is 4.40 Å². The molecule has 3 rings (SSSR count).